The second-order valence-corrected chi connectivity index (χ2v) is 10.3. The van der Waals surface area contributed by atoms with Crippen LogP contribution in [0.4, 0.5) is 5.69 Å². The van der Waals surface area contributed by atoms with Crippen molar-refractivity contribution in [3.8, 4) is 0 Å². The Morgan fingerprint density at radius 2 is 1.47 bits per heavy atom. The monoisotopic (exact) mass is 448 g/mol. The molecule has 0 bridgehead atoms. The van der Waals surface area contributed by atoms with E-state index in [1.54, 1.807) is 28.6 Å². The van der Waals surface area contributed by atoms with E-state index in [4.69, 9.17) is 0 Å². The van der Waals surface area contributed by atoms with Crippen molar-refractivity contribution in [3.63, 3.8) is 0 Å². The largest absolute Gasteiger partial charge is 0.325 e. The van der Waals surface area contributed by atoms with Gasteiger partial charge in [-0.15, -0.1) is 0 Å². The average molecular weight is 449 g/mol. The summed E-state index contributed by atoms with van der Waals surface area (Å²) in [5, 5.41) is 2.96. The van der Waals surface area contributed by atoms with Crippen LogP contribution in [0.5, 0.6) is 0 Å². The Morgan fingerprint density at radius 3 is 2.00 bits per heavy atom. The van der Waals surface area contributed by atoms with Crippen molar-refractivity contribution >= 4 is 21.6 Å². The second-order valence-electron chi connectivity index (χ2n) is 8.38. The van der Waals surface area contributed by atoms with E-state index >= 15 is 0 Å². The molecule has 1 heterocycles. The average Bonchev–Trinajstić information content (AvgIpc) is 2.81. The van der Waals surface area contributed by atoms with E-state index in [0.717, 1.165) is 24.0 Å². The molecule has 0 spiro atoms. The number of rotatable bonds is 6. The third-order valence-electron chi connectivity index (χ3n) is 5.91. The van der Waals surface area contributed by atoms with Gasteiger partial charge in [-0.1, -0.05) is 67.6 Å². The molecule has 0 aromatic heterocycles. The first-order chi connectivity index (χ1) is 15.4. The zero-order valence-corrected chi connectivity index (χ0v) is 19.0. The number of carbonyl (C=O) groups is 1. The molecular formula is C26H28N2O3S. The Hall–Kier alpha value is -2.96. The van der Waals surface area contributed by atoms with Crippen LogP contribution in [-0.4, -0.2) is 31.7 Å². The fourth-order valence-electron chi connectivity index (χ4n) is 4.22. The van der Waals surface area contributed by atoms with Crippen LogP contribution >= 0.6 is 0 Å². The van der Waals surface area contributed by atoms with E-state index in [0.29, 0.717) is 24.7 Å². The maximum atomic E-state index is 13.2. The number of nitrogens with zero attached hydrogens (tertiary/aromatic N) is 1. The highest BCUT2D eigenvalue weighted by Crippen LogP contribution is 2.28. The van der Waals surface area contributed by atoms with Gasteiger partial charge >= 0.3 is 0 Å². The number of nitrogens with one attached hydrogen (secondary N) is 1. The molecule has 1 atom stereocenters. The fraction of sp³-hybridized carbons (Fsp3) is 0.269. The lowest BCUT2D eigenvalue weighted by Gasteiger charge is -2.30. The van der Waals surface area contributed by atoms with Crippen LogP contribution in [-0.2, 0) is 14.8 Å². The third kappa shape index (κ3) is 4.92. The van der Waals surface area contributed by atoms with Crippen LogP contribution in [0.1, 0.15) is 36.8 Å². The van der Waals surface area contributed by atoms with Gasteiger partial charge in [0, 0.05) is 18.8 Å². The maximum absolute atomic E-state index is 13.2. The van der Waals surface area contributed by atoms with Crippen LogP contribution in [0.15, 0.2) is 89.8 Å². The Kier molecular flexibility index (Phi) is 6.72. The van der Waals surface area contributed by atoms with E-state index in [1.165, 1.54) is 0 Å². The highest BCUT2D eigenvalue weighted by molar-refractivity contribution is 7.89. The zero-order chi connectivity index (χ0) is 22.6. The molecule has 0 saturated carbocycles. The predicted octanol–water partition coefficient (Wildman–Crippen LogP) is 4.88. The van der Waals surface area contributed by atoms with E-state index in [1.807, 2.05) is 60.7 Å². The number of carbonyl (C=O) groups excluding carboxylic acids is 1. The minimum Gasteiger partial charge on any atom is -0.325 e. The molecule has 1 aliphatic heterocycles. The molecule has 3 aromatic rings. The summed E-state index contributed by atoms with van der Waals surface area (Å²) in [5.41, 5.74) is 2.36. The predicted molar refractivity (Wildman–Crippen MR) is 127 cm³/mol. The third-order valence-corrected chi connectivity index (χ3v) is 7.79. The first-order valence-electron chi connectivity index (χ1n) is 11.0. The SMILES string of the molecule is C[C@@H]1CCCN(S(=O)(=O)c2ccc(NC(=O)C(c3ccccc3)c3ccccc3)cc2)C1. The van der Waals surface area contributed by atoms with E-state index in [2.05, 4.69) is 12.2 Å². The highest BCUT2D eigenvalue weighted by atomic mass is 32.2. The van der Waals surface area contributed by atoms with Crippen molar-refractivity contribution in [1.29, 1.82) is 0 Å². The van der Waals surface area contributed by atoms with Gasteiger partial charge in [0.2, 0.25) is 15.9 Å². The summed E-state index contributed by atoms with van der Waals surface area (Å²) < 4.78 is 27.5. The van der Waals surface area contributed by atoms with Crippen molar-refractivity contribution in [3.05, 3.63) is 96.1 Å². The number of sulfonamides is 1. The molecule has 0 aliphatic carbocycles. The van der Waals surface area contributed by atoms with Gasteiger partial charge in [0.25, 0.3) is 0 Å². The van der Waals surface area contributed by atoms with E-state index in [9.17, 15) is 13.2 Å². The number of hydrogen-bond donors (Lipinski definition) is 1. The second kappa shape index (κ2) is 9.67. The molecule has 4 rings (SSSR count). The minimum absolute atomic E-state index is 0.164. The number of amides is 1. The molecule has 0 unspecified atom stereocenters. The van der Waals surface area contributed by atoms with E-state index in [-0.39, 0.29) is 10.8 Å². The number of piperidine rings is 1. The van der Waals surface area contributed by atoms with Crippen molar-refractivity contribution in [2.45, 2.75) is 30.6 Å². The van der Waals surface area contributed by atoms with Gasteiger partial charge in [-0.25, -0.2) is 8.42 Å². The Morgan fingerprint density at radius 1 is 0.906 bits per heavy atom. The lowest BCUT2D eigenvalue weighted by molar-refractivity contribution is -0.116. The smallest absolute Gasteiger partial charge is 0.243 e. The molecule has 1 fully saturated rings. The van der Waals surface area contributed by atoms with Gasteiger partial charge in [-0.2, -0.15) is 4.31 Å². The molecule has 5 nitrogen and oxygen atoms in total. The summed E-state index contributed by atoms with van der Waals surface area (Å²) in [4.78, 5) is 13.5. The lowest BCUT2D eigenvalue weighted by Crippen LogP contribution is -2.39. The molecule has 166 valence electrons. The number of benzene rings is 3. The molecule has 6 heteroatoms. The summed E-state index contributed by atoms with van der Waals surface area (Å²) in [5.74, 6) is -0.261. The summed E-state index contributed by atoms with van der Waals surface area (Å²) in [7, 11) is -3.52. The van der Waals surface area contributed by atoms with Crippen molar-refractivity contribution in [2.24, 2.45) is 5.92 Å². The Balaban J connectivity index is 1.54. The molecule has 1 saturated heterocycles. The standard InChI is InChI=1S/C26H28N2O3S/c1-20-9-8-18-28(19-20)32(30,31)24-16-14-23(15-17-24)27-26(29)25(21-10-4-2-5-11-21)22-12-6-3-7-13-22/h2-7,10-17,20,25H,8-9,18-19H2,1H3,(H,27,29)/t20-/m1/s1. The number of anilines is 1. The van der Waals surface area contributed by atoms with Gasteiger partial charge in [0.15, 0.2) is 0 Å². The molecular weight excluding hydrogens is 420 g/mol. The topological polar surface area (TPSA) is 66.5 Å². The zero-order valence-electron chi connectivity index (χ0n) is 18.1. The van der Waals surface area contributed by atoms with Crippen LogP contribution < -0.4 is 5.32 Å². The van der Waals surface area contributed by atoms with Crippen molar-refractivity contribution in [2.75, 3.05) is 18.4 Å². The maximum Gasteiger partial charge on any atom is 0.243 e. The Labute approximate surface area is 190 Å². The fourth-order valence-corrected chi connectivity index (χ4v) is 5.82. The van der Waals surface area contributed by atoms with Crippen molar-refractivity contribution < 1.29 is 13.2 Å². The molecule has 32 heavy (non-hydrogen) atoms. The van der Waals surface area contributed by atoms with Crippen LogP contribution in [0.3, 0.4) is 0 Å². The highest BCUT2D eigenvalue weighted by Gasteiger charge is 2.29. The summed E-state index contributed by atoms with van der Waals surface area (Å²) in [6.07, 6.45) is 1.94. The van der Waals surface area contributed by atoms with Gasteiger partial charge in [0.1, 0.15) is 0 Å². The quantitative estimate of drug-likeness (QED) is 0.585. The summed E-state index contributed by atoms with van der Waals surface area (Å²) in [6.45, 7) is 3.19. The molecule has 3 aromatic carbocycles. The van der Waals surface area contributed by atoms with Gasteiger partial charge in [-0.3, -0.25) is 4.79 Å². The normalized spacial score (nSPS) is 17.2. The number of hydrogen-bond acceptors (Lipinski definition) is 3. The molecule has 1 N–H and O–H groups in total. The molecule has 0 radical (unpaired) electrons. The lowest BCUT2D eigenvalue weighted by atomic mass is 9.90. The first-order valence-corrected chi connectivity index (χ1v) is 12.4. The molecule has 1 aliphatic rings. The van der Waals surface area contributed by atoms with Crippen LogP contribution in [0, 0.1) is 5.92 Å². The van der Waals surface area contributed by atoms with Crippen LogP contribution in [0.2, 0.25) is 0 Å². The first kappa shape index (κ1) is 22.2. The minimum atomic E-state index is -3.52. The van der Waals surface area contributed by atoms with Crippen molar-refractivity contribution in [1.82, 2.24) is 4.31 Å². The van der Waals surface area contributed by atoms with Gasteiger partial charge < -0.3 is 5.32 Å². The van der Waals surface area contributed by atoms with Crippen LogP contribution in [0.25, 0.3) is 0 Å². The van der Waals surface area contributed by atoms with E-state index < -0.39 is 15.9 Å². The van der Waals surface area contributed by atoms with Gasteiger partial charge in [0.05, 0.1) is 10.8 Å². The van der Waals surface area contributed by atoms with Gasteiger partial charge in [-0.05, 0) is 54.2 Å². The molecule has 1 amide bonds. The summed E-state index contributed by atoms with van der Waals surface area (Å²) in [6, 6.07) is 25.7. The Bertz CT molecular complexity index is 1110. The summed E-state index contributed by atoms with van der Waals surface area (Å²) >= 11 is 0.